The second-order valence-electron chi connectivity index (χ2n) is 2.67. The highest BCUT2D eigenvalue weighted by molar-refractivity contribution is 6.42. The van der Waals surface area contributed by atoms with E-state index in [2.05, 4.69) is 0 Å². The van der Waals surface area contributed by atoms with Crippen molar-refractivity contribution in [1.82, 2.24) is 4.57 Å². The van der Waals surface area contributed by atoms with Crippen molar-refractivity contribution >= 4 is 34.3 Å². The molecule has 0 amide bonds. The van der Waals surface area contributed by atoms with Gasteiger partial charge in [0.05, 0.1) is 15.6 Å². The fourth-order valence-electron chi connectivity index (χ4n) is 1.19. The first-order valence-electron chi connectivity index (χ1n) is 3.72. The number of nitrogens with zero attached hydrogens (tertiary/aromatic N) is 1. The van der Waals surface area contributed by atoms with Crippen LogP contribution in [0.3, 0.4) is 0 Å². The average Bonchev–Trinajstić information content (AvgIpc) is 2.42. The van der Waals surface area contributed by atoms with E-state index in [0.29, 0.717) is 21.1 Å². The van der Waals surface area contributed by atoms with Crippen molar-refractivity contribution in [2.75, 3.05) is 0 Å². The normalized spacial score (nSPS) is 11.1. The fraction of sp³-hybridized carbons (Fsp3) is 0.125. The van der Waals surface area contributed by atoms with Gasteiger partial charge in [-0.2, -0.15) is 0 Å². The molecule has 2 aromatic rings. The number of benzene rings is 1. The van der Waals surface area contributed by atoms with Gasteiger partial charge in [0.25, 0.3) is 0 Å². The van der Waals surface area contributed by atoms with Crippen LogP contribution in [0.15, 0.2) is 21.3 Å². The van der Waals surface area contributed by atoms with Crippen LogP contribution in [0.2, 0.25) is 10.0 Å². The van der Waals surface area contributed by atoms with Crippen molar-refractivity contribution in [3.05, 3.63) is 32.7 Å². The second-order valence-corrected chi connectivity index (χ2v) is 3.49. The number of rotatable bonds is 1. The Labute approximate surface area is 88.3 Å². The van der Waals surface area contributed by atoms with Crippen LogP contribution in [0.1, 0.15) is 0 Å². The van der Waals surface area contributed by atoms with Crippen molar-refractivity contribution in [2.24, 2.45) is 0 Å². The molecule has 0 aliphatic rings. The van der Waals surface area contributed by atoms with Crippen LogP contribution in [-0.4, -0.2) is 9.67 Å². The molecule has 1 aromatic carbocycles. The average molecular weight is 234 g/mol. The molecule has 14 heavy (non-hydrogen) atoms. The van der Waals surface area contributed by atoms with Crippen molar-refractivity contribution in [1.29, 1.82) is 0 Å². The Morgan fingerprint density at radius 3 is 2.64 bits per heavy atom. The zero-order valence-electron chi connectivity index (χ0n) is 6.83. The predicted molar refractivity (Wildman–Crippen MR) is 52.7 cm³/mol. The van der Waals surface area contributed by atoms with E-state index >= 15 is 0 Å². The van der Waals surface area contributed by atoms with Gasteiger partial charge in [-0.05, 0) is 6.07 Å². The number of aliphatic hydroxyl groups excluding tert-OH is 1. The molecule has 0 saturated carbocycles. The predicted octanol–water partition coefficient (Wildman–Crippen LogP) is 1.85. The molecular formula is C8H5Cl2NO3. The number of oxazole rings is 1. The molecule has 0 unspecified atom stereocenters. The number of aliphatic hydroxyl groups is 1. The van der Waals surface area contributed by atoms with Gasteiger partial charge in [0.15, 0.2) is 5.58 Å². The Morgan fingerprint density at radius 1 is 1.36 bits per heavy atom. The van der Waals surface area contributed by atoms with Gasteiger partial charge in [-0.1, -0.05) is 23.2 Å². The zero-order chi connectivity index (χ0) is 10.3. The van der Waals surface area contributed by atoms with Gasteiger partial charge < -0.3 is 9.52 Å². The van der Waals surface area contributed by atoms with E-state index in [1.807, 2.05) is 0 Å². The molecule has 0 spiro atoms. The molecular weight excluding hydrogens is 229 g/mol. The molecule has 0 aliphatic heterocycles. The first kappa shape index (κ1) is 9.58. The quantitative estimate of drug-likeness (QED) is 0.819. The van der Waals surface area contributed by atoms with E-state index in [-0.39, 0.29) is 0 Å². The third kappa shape index (κ3) is 1.32. The maximum absolute atomic E-state index is 11.1. The van der Waals surface area contributed by atoms with Gasteiger partial charge in [0.1, 0.15) is 6.73 Å². The maximum Gasteiger partial charge on any atom is 0.421 e. The molecule has 1 aromatic heterocycles. The van der Waals surface area contributed by atoms with Crippen LogP contribution >= 0.6 is 23.2 Å². The van der Waals surface area contributed by atoms with Crippen molar-refractivity contribution in [3.63, 3.8) is 0 Å². The molecule has 0 bridgehead atoms. The van der Waals surface area contributed by atoms with Gasteiger partial charge in [-0.25, -0.2) is 4.79 Å². The number of aromatic nitrogens is 1. The molecule has 0 fully saturated rings. The number of hydrogen-bond acceptors (Lipinski definition) is 3. The lowest BCUT2D eigenvalue weighted by atomic mass is 10.3. The van der Waals surface area contributed by atoms with Crippen molar-refractivity contribution in [2.45, 2.75) is 6.73 Å². The summed E-state index contributed by atoms with van der Waals surface area (Å²) in [5.74, 6) is -0.638. The van der Waals surface area contributed by atoms with Crippen LogP contribution < -0.4 is 5.76 Å². The topological polar surface area (TPSA) is 55.4 Å². The SMILES string of the molecule is O=c1oc2cc(Cl)c(Cl)cc2n1CO. The maximum atomic E-state index is 11.1. The summed E-state index contributed by atoms with van der Waals surface area (Å²) in [5, 5.41) is 9.50. The largest absolute Gasteiger partial charge is 0.421 e. The summed E-state index contributed by atoms with van der Waals surface area (Å²) < 4.78 is 5.88. The van der Waals surface area contributed by atoms with E-state index in [4.69, 9.17) is 32.7 Å². The Bertz CT molecular complexity index is 543. The number of halogens is 2. The van der Waals surface area contributed by atoms with E-state index < -0.39 is 12.5 Å². The summed E-state index contributed by atoms with van der Waals surface area (Å²) in [6.45, 7) is -0.455. The first-order valence-corrected chi connectivity index (χ1v) is 4.48. The third-order valence-electron chi connectivity index (χ3n) is 1.85. The Kier molecular flexibility index (Phi) is 2.26. The summed E-state index contributed by atoms with van der Waals surface area (Å²) in [5.41, 5.74) is 0.727. The van der Waals surface area contributed by atoms with Crippen LogP contribution in [0, 0.1) is 0 Å². The highest BCUT2D eigenvalue weighted by Gasteiger charge is 2.10. The second kappa shape index (κ2) is 3.31. The molecule has 2 rings (SSSR count). The summed E-state index contributed by atoms with van der Waals surface area (Å²) in [7, 11) is 0. The minimum atomic E-state index is -0.638. The molecule has 0 aliphatic carbocycles. The van der Waals surface area contributed by atoms with Crippen molar-refractivity contribution < 1.29 is 9.52 Å². The third-order valence-corrected chi connectivity index (χ3v) is 2.57. The number of fused-ring (bicyclic) bond motifs is 1. The summed E-state index contributed by atoms with van der Waals surface area (Å²) in [4.78, 5) is 11.1. The van der Waals surface area contributed by atoms with Crippen molar-refractivity contribution in [3.8, 4) is 0 Å². The lowest BCUT2D eigenvalue weighted by Gasteiger charge is -1.97. The molecule has 4 nitrogen and oxygen atoms in total. The zero-order valence-corrected chi connectivity index (χ0v) is 8.34. The van der Waals surface area contributed by atoms with Crippen LogP contribution in [0.4, 0.5) is 0 Å². The highest BCUT2D eigenvalue weighted by Crippen LogP contribution is 2.27. The summed E-state index contributed by atoms with van der Waals surface area (Å²) >= 11 is 11.5. The monoisotopic (exact) mass is 233 g/mol. The lowest BCUT2D eigenvalue weighted by Crippen LogP contribution is -2.13. The van der Waals surface area contributed by atoms with Gasteiger partial charge in [-0.15, -0.1) is 0 Å². The lowest BCUT2D eigenvalue weighted by molar-refractivity contribution is 0.204. The van der Waals surface area contributed by atoms with E-state index in [1.54, 1.807) is 0 Å². The molecule has 1 heterocycles. The summed E-state index contributed by atoms with van der Waals surface area (Å²) in [6, 6.07) is 2.91. The summed E-state index contributed by atoms with van der Waals surface area (Å²) in [6.07, 6.45) is 0. The highest BCUT2D eigenvalue weighted by atomic mass is 35.5. The van der Waals surface area contributed by atoms with Crippen LogP contribution in [-0.2, 0) is 6.73 Å². The molecule has 0 radical (unpaired) electrons. The minimum absolute atomic E-state index is 0.304. The Hall–Kier alpha value is -0.970. The van der Waals surface area contributed by atoms with Gasteiger partial charge in [0.2, 0.25) is 0 Å². The smallest absolute Gasteiger partial charge is 0.408 e. The van der Waals surface area contributed by atoms with E-state index in [1.165, 1.54) is 12.1 Å². The molecule has 6 heteroatoms. The Balaban J connectivity index is 2.89. The van der Waals surface area contributed by atoms with Crippen LogP contribution in [0.5, 0.6) is 0 Å². The van der Waals surface area contributed by atoms with Gasteiger partial charge in [0, 0.05) is 6.07 Å². The van der Waals surface area contributed by atoms with E-state index in [9.17, 15) is 4.79 Å². The molecule has 1 N–H and O–H groups in total. The van der Waals surface area contributed by atoms with Gasteiger partial charge >= 0.3 is 5.76 Å². The Morgan fingerprint density at radius 2 is 2.00 bits per heavy atom. The minimum Gasteiger partial charge on any atom is -0.408 e. The van der Waals surface area contributed by atoms with Crippen LogP contribution in [0.25, 0.3) is 11.1 Å². The fourth-order valence-corrected chi connectivity index (χ4v) is 1.50. The van der Waals surface area contributed by atoms with Gasteiger partial charge in [-0.3, -0.25) is 4.57 Å². The molecule has 74 valence electrons. The molecule has 0 saturated heterocycles. The number of hydrogen-bond donors (Lipinski definition) is 1. The standard InChI is InChI=1S/C8H5Cl2NO3/c9-4-1-6-7(2-5(4)10)14-8(13)11(6)3-12/h1-2,12H,3H2. The molecule has 0 atom stereocenters. The van der Waals surface area contributed by atoms with E-state index in [0.717, 1.165) is 4.57 Å². The first-order chi connectivity index (χ1) is 6.63.